The number of fused-ring (bicyclic) bond motifs is 1. The minimum Gasteiger partial charge on any atom is -0.461 e. The van der Waals surface area contributed by atoms with Crippen LogP contribution in [0.1, 0.15) is 12.8 Å². The lowest BCUT2D eigenvalue weighted by atomic mass is 10.4. The Bertz CT molecular complexity index is 745. The number of aromatic nitrogens is 5. The molecule has 8 nitrogen and oxygen atoms in total. The van der Waals surface area contributed by atoms with Crippen molar-refractivity contribution in [2.45, 2.75) is 12.8 Å². The zero-order chi connectivity index (χ0) is 13.5. The van der Waals surface area contributed by atoms with Crippen molar-refractivity contribution in [2.24, 2.45) is 5.92 Å². The summed E-state index contributed by atoms with van der Waals surface area (Å²) in [7, 11) is 0. The van der Waals surface area contributed by atoms with Crippen molar-refractivity contribution in [1.29, 1.82) is 0 Å². The van der Waals surface area contributed by atoms with E-state index in [1.807, 2.05) is 0 Å². The van der Waals surface area contributed by atoms with Crippen LogP contribution in [0.5, 0.6) is 0 Å². The predicted octanol–water partition coefficient (Wildman–Crippen LogP) is 1.18. The van der Waals surface area contributed by atoms with Crippen LogP contribution >= 0.6 is 0 Å². The molecule has 0 unspecified atom stereocenters. The van der Waals surface area contributed by atoms with E-state index in [1.165, 1.54) is 17.4 Å². The fourth-order valence-electron chi connectivity index (χ4n) is 1.95. The Morgan fingerprint density at radius 2 is 2.25 bits per heavy atom. The maximum Gasteiger partial charge on any atom is 0.259 e. The normalized spacial score (nSPS) is 14.8. The smallest absolute Gasteiger partial charge is 0.259 e. The first-order valence-corrected chi connectivity index (χ1v) is 6.47. The molecular formula is C12H13N7O. The molecule has 1 aliphatic rings. The number of nitrogen functional groups attached to an aromatic ring is 1. The van der Waals surface area contributed by atoms with Gasteiger partial charge in [0.25, 0.3) is 5.78 Å². The summed E-state index contributed by atoms with van der Waals surface area (Å²) in [6, 6.07) is 3.56. The molecule has 3 aromatic heterocycles. The Morgan fingerprint density at radius 1 is 1.35 bits per heavy atom. The molecular weight excluding hydrogens is 258 g/mol. The standard InChI is InChI=1S/C12H13N7O/c13-10-16-11(14-6-7-3-4-7)17-12-15-9(18-19(10)12)8-2-1-5-20-8/h1-2,5,7H,3-4,6H2,(H3,13,14,15,16,17,18). The Hall–Kier alpha value is -2.64. The quantitative estimate of drug-likeness (QED) is 0.733. The third-order valence-electron chi connectivity index (χ3n) is 3.22. The minimum atomic E-state index is 0.249. The maximum atomic E-state index is 5.88. The molecule has 1 saturated carbocycles. The Labute approximate surface area is 114 Å². The summed E-state index contributed by atoms with van der Waals surface area (Å²) in [5, 5.41) is 7.41. The molecule has 1 aliphatic carbocycles. The average Bonchev–Trinajstić information content (AvgIpc) is 2.93. The van der Waals surface area contributed by atoms with Crippen LogP contribution in [0.4, 0.5) is 11.9 Å². The van der Waals surface area contributed by atoms with Gasteiger partial charge in [0.15, 0.2) is 5.76 Å². The van der Waals surface area contributed by atoms with Crippen LogP contribution in [-0.4, -0.2) is 31.1 Å². The van der Waals surface area contributed by atoms with Crippen LogP contribution < -0.4 is 11.1 Å². The van der Waals surface area contributed by atoms with E-state index >= 15 is 0 Å². The lowest BCUT2D eigenvalue weighted by Crippen LogP contribution is -2.11. The van der Waals surface area contributed by atoms with Crippen LogP contribution in [0.2, 0.25) is 0 Å². The molecule has 0 saturated heterocycles. The number of hydrogen-bond donors (Lipinski definition) is 2. The summed E-state index contributed by atoms with van der Waals surface area (Å²) in [4.78, 5) is 12.8. The SMILES string of the molecule is Nc1nc(NCC2CC2)nc2nc(-c3ccco3)nn12. The Balaban J connectivity index is 1.71. The topological polar surface area (TPSA) is 107 Å². The van der Waals surface area contributed by atoms with Gasteiger partial charge in [-0.25, -0.2) is 0 Å². The maximum absolute atomic E-state index is 5.88. The molecule has 0 aromatic carbocycles. The number of hydrogen-bond acceptors (Lipinski definition) is 7. The summed E-state index contributed by atoms with van der Waals surface area (Å²) < 4.78 is 6.67. The van der Waals surface area contributed by atoms with E-state index in [0.29, 0.717) is 23.3 Å². The molecule has 0 bridgehead atoms. The Morgan fingerprint density at radius 3 is 3.00 bits per heavy atom. The third-order valence-corrected chi connectivity index (χ3v) is 3.22. The lowest BCUT2D eigenvalue weighted by molar-refractivity contribution is 0.577. The van der Waals surface area contributed by atoms with Crippen LogP contribution in [0.15, 0.2) is 22.8 Å². The van der Waals surface area contributed by atoms with Crippen molar-refractivity contribution in [3.05, 3.63) is 18.4 Å². The molecule has 3 aromatic rings. The van der Waals surface area contributed by atoms with Crippen molar-refractivity contribution >= 4 is 17.7 Å². The van der Waals surface area contributed by atoms with Crippen molar-refractivity contribution in [2.75, 3.05) is 17.6 Å². The van der Waals surface area contributed by atoms with E-state index in [-0.39, 0.29) is 5.95 Å². The highest BCUT2D eigenvalue weighted by Gasteiger charge is 2.21. The monoisotopic (exact) mass is 271 g/mol. The van der Waals surface area contributed by atoms with Crippen LogP contribution in [0.25, 0.3) is 17.4 Å². The molecule has 4 rings (SSSR count). The molecule has 0 atom stereocenters. The Kier molecular flexibility index (Phi) is 2.35. The van der Waals surface area contributed by atoms with E-state index in [1.54, 1.807) is 18.4 Å². The van der Waals surface area contributed by atoms with Gasteiger partial charge in [-0.3, -0.25) is 0 Å². The zero-order valence-corrected chi connectivity index (χ0v) is 10.7. The second-order valence-electron chi connectivity index (χ2n) is 4.85. The van der Waals surface area contributed by atoms with E-state index in [9.17, 15) is 0 Å². The third kappa shape index (κ3) is 1.94. The van der Waals surface area contributed by atoms with Crippen LogP contribution in [-0.2, 0) is 0 Å². The number of rotatable bonds is 4. The van der Waals surface area contributed by atoms with Gasteiger partial charge < -0.3 is 15.5 Å². The predicted molar refractivity (Wildman–Crippen MR) is 71.9 cm³/mol. The van der Waals surface area contributed by atoms with Gasteiger partial charge in [-0.1, -0.05) is 0 Å². The molecule has 20 heavy (non-hydrogen) atoms. The second kappa shape index (κ2) is 4.19. The summed E-state index contributed by atoms with van der Waals surface area (Å²) >= 11 is 0. The van der Waals surface area contributed by atoms with E-state index in [2.05, 4.69) is 25.4 Å². The zero-order valence-electron chi connectivity index (χ0n) is 10.7. The van der Waals surface area contributed by atoms with Gasteiger partial charge in [0.05, 0.1) is 6.26 Å². The number of nitrogens with zero attached hydrogens (tertiary/aromatic N) is 5. The first-order chi connectivity index (χ1) is 9.79. The first-order valence-electron chi connectivity index (χ1n) is 6.47. The number of furan rings is 1. The highest BCUT2D eigenvalue weighted by molar-refractivity contribution is 5.52. The van der Waals surface area contributed by atoms with E-state index < -0.39 is 0 Å². The van der Waals surface area contributed by atoms with Gasteiger partial charge in [-0.2, -0.15) is 19.5 Å². The van der Waals surface area contributed by atoms with Gasteiger partial charge >= 0.3 is 0 Å². The van der Waals surface area contributed by atoms with Crippen LogP contribution in [0.3, 0.4) is 0 Å². The van der Waals surface area contributed by atoms with E-state index in [0.717, 1.165) is 12.5 Å². The molecule has 0 aliphatic heterocycles. The molecule has 3 N–H and O–H groups in total. The highest BCUT2D eigenvalue weighted by atomic mass is 16.3. The van der Waals surface area contributed by atoms with Crippen molar-refractivity contribution in [3.63, 3.8) is 0 Å². The van der Waals surface area contributed by atoms with Gasteiger partial charge in [0, 0.05) is 6.54 Å². The first kappa shape index (κ1) is 11.2. The minimum absolute atomic E-state index is 0.249. The van der Waals surface area contributed by atoms with Crippen molar-refractivity contribution in [3.8, 4) is 11.6 Å². The molecule has 8 heteroatoms. The van der Waals surface area contributed by atoms with Gasteiger partial charge in [-0.15, -0.1) is 5.10 Å². The lowest BCUT2D eigenvalue weighted by Gasteiger charge is -2.04. The summed E-state index contributed by atoms with van der Waals surface area (Å²) in [6.45, 7) is 0.870. The second-order valence-corrected chi connectivity index (χ2v) is 4.85. The number of anilines is 2. The molecule has 0 amide bonds. The number of nitrogens with two attached hydrogens (primary N) is 1. The highest BCUT2D eigenvalue weighted by Crippen LogP contribution is 2.28. The molecule has 0 spiro atoms. The van der Waals surface area contributed by atoms with Gasteiger partial charge in [0.1, 0.15) is 0 Å². The molecule has 102 valence electrons. The van der Waals surface area contributed by atoms with Gasteiger partial charge in [0.2, 0.25) is 17.7 Å². The summed E-state index contributed by atoms with van der Waals surface area (Å²) in [5.41, 5.74) is 5.88. The molecule has 0 radical (unpaired) electrons. The van der Waals surface area contributed by atoms with Crippen molar-refractivity contribution in [1.82, 2.24) is 24.6 Å². The summed E-state index contributed by atoms with van der Waals surface area (Å²) in [5.74, 6) is 2.88. The number of nitrogens with one attached hydrogen (secondary N) is 1. The van der Waals surface area contributed by atoms with E-state index in [4.69, 9.17) is 10.2 Å². The molecule has 1 fully saturated rings. The largest absolute Gasteiger partial charge is 0.461 e. The fourth-order valence-corrected chi connectivity index (χ4v) is 1.95. The van der Waals surface area contributed by atoms with Crippen molar-refractivity contribution < 1.29 is 4.42 Å². The van der Waals surface area contributed by atoms with Gasteiger partial charge in [-0.05, 0) is 30.9 Å². The average molecular weight is 271 g/mol. The van der Waals surface area contributed by atoms with Crippen LogP contribution in [0, 0.1) is 5.92 Å². The fraction of sp³-hybridized carbons (Fsp3) is 0.333. The summed E-state index contributed by atoms with van der Waals surface area (Å²) in [6.07, 6.45) is 4.09. The molecule has 3 heterocycles.